The Morgan fingerprint density at radius 1 is 1.33 bits per heavy atom. The molecule has 1 aliphatic rings. The summed E-state index contributed by atoms with van der Waals surface area (Å²) in [4.78, 5) is 12.1. The number of hydrogen-bond donors (Lipinski definition) is 2. The lowest BCUT2D eigenvalue weighted by molar-refractivity contribution is -0.122. The molecule has 3 heteroatoms. The van der Waals surface area contributed by atoms with Crippen LogP contribution < -0.4 is 10.6 Å². The Bertz CT molecular complexity index is 453. The normalized spacial score (nSPS) is 22.3. The van der Waals surface area contributed by atoms with E-state index in [1.807, 2.05) is 0 Å². The highest BCUT2D eigenvalue weighted by Crippen LogP contribution is 2.16. The maximum absolute atomic E-state index is 12.1. The van der Waals surface area contributed by atoms with E-state index in [1.54, 1.807) is 0 Å². The highest BCUT2D eigenvalue weighted by molar-refractivity contribution is 5.76. The molecule has 0 radical (unpaired) electrons. The molecule has 0 spiro atoms. The van der Waals surface area contributed by atoms with Crippen LogP contribution in [0.2, 0.25) is 0 Å². The SMILES string of the molecule is CC(C)c1ccc(CCC(=O)NC2CCNCC2C)cc1. The summed E-state index contributed by atoms with van der Waals surface area (Å²) in [6.45, 7) is 8.60. The quantitative estimate of drug-likeness (QED) is 0.875. The number of piperidine rings is 1. The van der Waals surface area contributed by atoms with E-state index in [4.69, 9.17) is 0 Å². The van der Waals surface area contributed by atoms with Crippen molar-refractivity contribution < 1.29 is 4.79 Å². The van der Waals surface area contributed by atoms with Crippen LogP contribution in [-0.2, 0) is 11.2 Å². The third kappa shape index (κ3) is 4.85. The van der Waals surface area contributed by atoms with Crippen molar-refractivity contribution in [1.29, 1.82) is 0 Å². The fraction of sp³-hybridized carbons (Fsp3) is 0.611. The number of benzene rings is 1. The minimum atomic E-state index is 0.182. The van der Waals surface area contributed by atoms with Crippen molar-refractivity contribution in [2.45, 2.75) is 52.0 Å². The number of aryl methyl sites for hydroxylation is 1. The topological polar surface area (TPSA) is 41.1 Å². The van der Waals surface area contributed by atoms with E-state index in [9.17, 15) is 4.79 Å². The van der Waals surface area contributed by atoms with E-state index in [-0.39, 0.29) is 5.91 Å². The predicted molar refractivity (Wildman–Crippen MR) is 87.4 cm³/mol. The van der Waals surface area contributed by atoms with Gasteiger partial charge in [-0.05, 0) is 48.9 Å². The van der Waals surface area contributed by atoms with Gasteiger partial charge in [-0.15, -0.1) is 0 Å². The molecule has 1 heterocycles. The van der Waals surface area contributed by atoms with E-state index < -0.39 is 0 Å². The zero-order valence-corrected chi connectivity index (χ0v) is 13.5. The highest BCUT2D eigenvalue weighted by atomic mass is 16.1. The predicted octanol–water partition coefficient (Wildman–Crippen LogP) is 2.86. The van der Waals surface area contributed by atoms with Gasteiger partial charge in [0.05, 0.1) is 0 Å². The van der Waals surface area contributed by atoms with E-state index >= 15 is 0 Å². The van der Waals surface area contributed by atoms with Gasteiger partial charge >= 0.3 is 0 Å². The summed E-state index contributed by atoms with van der Waals surface area (Å²) < 4.78 is 0. The monoisotopic (exact) mass is 288 g/mol. The molecular formula is C18H28N2O. The molecule has 0 aliphatic carbocycles. The molecule has 21 heavy (non-hydrogen) atoms. The molecule has 2 atom stereocenters. The molecule has 0 aromatic heterocycles. The van der Waals surface area contributed by atoms with Gasteiger partial charge < -0.3 is 10.6 Å². The molecule has 116 valence electrons. The first-order valence-corrected chi connectivity index (χ1v) is 8.15. The standard InChI is InChI=1S/C18H28N2O/c1-13(2)16-7-4-15(5-8-16)6-9-18(21)20-17-10-11-19-12-14(17)3/h4-5,7-8,13-14,17,19H,6,9-12H2,1-3H3,(H,20,21). The molecule has 1 saturated heterocycles. The van der Waals surface area contributed by atoms with Gasteiger partial charge in [-0.2, -0.15) is 0 Å². The summed E-state index contributed by atoms with van der Waals surface area (Å²) >= 11 is 0. The summed E-state index contributed by atoms with van der Waals surface area (Å²) in [6.07, 6.45) is 2.44. The Kier molecular flexibility index (Phi) is 5.80. The summed E-state index contributed by atoms with van der Waals surface area (Å²) in [7, 11) is 0. The van der Waals surface area contributed by atoms with Crippen molar-refractivity contribution in [1.82, 2.24) is 10.6 Å². The van der Waals surface area contributed by atoms with Gasteiger partial charge in [-0.1, -0.05) is 45.0 Å². The van der Waals surface area contributed by atoms with Crippen LogP contribution >= 0.6 is 0 Å². The molecule has 2 N–H and O–H groups in total. The smallest absolute Gasteiger partial charge is 0.220 e. The Morgan fingerprint density at radius 2 is 2.05 bits per heavy atom. The molecular weight excluding hydrogens is 260 g/mol. The first-order chi connectivity index (χ1) is 10.1. The fourth-order valence-electron chi connectivity index (χ4n) is 2.83. The van der Waals surface area contributed by atoms with Gasteiger partial charge in [0.15, 0.2) is 0 Å². The van der Waals surface area contributed by atoms with Gasteiger partial charge in [0.1, 0.15) is 0 Å². The number of carbonyl (C=O) groups is 1. The number of nitrogens with one attached hydrogen (secondary N) is 2. The fourth-order valence-corrected chi connectivity index (χ4v) is 2.83. The second-order valence-electron chi connectivity index (χ2n) is 6.54. The lowest BCUT2D eigenvalue weighted by Gasteiger charge is -2.30. The van der Waals surface area contributed by atoms with Gasteiger partial charge in [0.2, 0.25) is 5.91 Å². The number of carbonyl (C=O) groups excluding carboxylic acids is 1. The van der Waals surface area contributed by atoms with Crippen molar-refractivity contribution >= 4 is 5.91 Å². The number of hydrogen-bond acceptors (Lipinski definition) is 2. The molecule has 1 aromatic rings. The first kappa shape index (κ1) is 16.0. The van der Waals surface area contributed by atoms with Crippen LogP contribution in [0.5, 0.6) is 0 Å². The van der Waals surface area contributed by atoms with Crippen LogP contribution in [0.4, 0.5) is 0 Å². The van der Waals surface area contributed by atoms with Crippen molar-refractivity contribution in [3.8, 4) is 0 Å². The average molecular weight is 288 g/mol. The van der Waals surface area contributed by atoms with E-state index in [2.05, 4.69) is 55.7 Å². The molecule has 3 nitrogen and oxygen atoms in total. The van der Waals surface area contributed by atoms with Crippen molar-refractivity contribution in [2.75, 3.05) is 13.1 Å². The lowest BCUT2D eigenvalue weighted by atomic mass is 9.95. The average Bonchev–Trinajstić information content (AvgIpc) is 2.48. The summed E-state index contributed by atoms with van der Waals surface area (Å²) in [5.41, 5.74) is 2.60. The minimum absolute atomic E-state index is 0.182. The van der Waals surface area contributed by atoms with Gasteiger partial charge in [0.25, 0.3) is 0 Å². The third-order valence-electron chi connectivity index (χ3n) is 4.42. The van der Waals surface area contributed by atoms with Gasteiger partial charge in [-0.25, -0.2) is 0 Å². The molecule has 2 rings (SSSR count). The van der Waals surface area contributed by atoms with Crippen LogP contribution in [0, 0.1) is 5.92 Å². The minimum Gasteiger partial charge on any atom is -0.353 e. The van der Waals surface area contributed by atoms with Crippen LogP contribution in [0.3, 0.4) is 0 Å². The van der Waals surface area contributed by atoms with Crippen LogP contribution in [-0.4, -0.2) is 25.0 Å². The first-order valence-electron chi connectivity index (χ1n) is 8.15. The molecule has 1 aromatic carbocycles. The Balaban J connectivity index is 1.78. The molecule has 1 fully saturated rings. The van der Waals surface area contributed by atoms with Crippen molar-refractivity contribution in [3.05, 3.63) is 35.4 Å². The van der Waals surface area contributed by atoms with Crippen LogP contribution in [0.25, 0.3) is 0 Å². The van der Waals surface area contributed by atoms with Gasteiger partial charge in [-0.3, -0.25) is 4.79 Å². The Hall–Kier alpha value is -1.35. The van der Waals surface area contributed by atoms with Crippen molar-refractivity contribution in [2.24, 2.45) is 5.92 Å². The zero-order chi connectivity index (χ0) is 15.2. The van der Waals surface area contributed by atoms with E-state index in [1.165, 1.54) is 11.1 Å². The van der Waals surface area contributed by atoms with Crippen molar-refractivity contribution in [3.63, 3.8) is 0 Å². The molecule has 0 bridgehead atoms. The maximum Gasteiger partial charge on any atom is 0.220 e. The lowest BCUT2D eigenvalue weighted by Crippen LogP contribution is -2.48. The molecule has 0 saturated carbocycles. The third-order valence-corrected chi connectivity index (χ3v) is 4.42. The Labute approximate surface area is 128 Å². The van der Waals surface area contributed by atoms with E-state index in [0.717, 1.165) is 25.9 Å². The van der Waals surface area contributed by atoms with E-state index in [0.29, 0.717) is 24.3 Å². The summed E-state index contributed by atoms with van der Waals surface area (Å²) in [5.74, 6) is 1.26. The summed E-state index contributed by atoms with van der Waals surface area (Å²) in [5, 5.41) is 6.55. The molecule has 2 unspecified atom stereocenters. The van der Waals surface area contributed by atoms with Crippen LogP contribution in [0.15, 0.2) is 24.3 Å². The zero-order valence-electron chi connectivity index (χ0n) is 13.5. The highest BCUT2D eigenvalue weighted by Gasteiger charge is 2.22. The Morgan fingerprint density at radius 3 is 2.67 bits per heavy atom. The maximum atomic E-state index is 12.1. The molecule has 1 amide bonds. The molecule has 1 aliphatic heterocycles. The second-order valence-corrected chi connectivity index (χ2v) is 6.54. The largest absolute Gasteiger partial charge is 0.353 e. The second kappa shape index (κ2) is 7.60. The summed E-state index contributed by atoms with van der Waals surface area (Å²) in [6, 6.07) is 8.98. The van der Waals surface area contributed by atoms with Crippen LogP contribution in [0.1, 0.15) is 50.7 Å². The number of amides is 1. The number of rotatable bonds is 5. The van der Waals surface area contributed by atoms with Gasteiger partial charge in [0, 0.05) is 12.5 Å².